The van der Waals surface area contributed by atoms with Gasteiger partial charge in [0.2, 0.25) is 0 Å². The lowest BCUT2D eigenvalue weighted by molar-refractivity contribution is -0.137. The molecule has 1 aliphatic heterocycles. The van der Waals surface area contributed by atoms with E-state index in [0.29, 0.717) is 18.9 Å². The maximum absolute atomic E-state index is 12.8. The highest BCUT2D eigenvalue weighted by Gasteiger charge is 2.32. The Bertz CT molecular complexity index is 987. The molecular weight excluding hydrogens is 395 g/mol. The number of aryl methyl sites for hydroxylation is 2. The minimum atomic E-state index is -4.37. The van der Waals surface area contributed by atoms with Crippen molar-refractivity contribution in [1.29, 1.82) is 0 Å². The summed E-state index contributed by atoms with van der Waals surface area (Å²) in [5.74, 6) is 1.35. The molecule has 0 spiro atoms. The number of anilines is 1. The number of piperazine rings is 1. The summed E-state index contributed by atoms with van der Waals surface area (Å²) in [7, 11) is 0. The van der Waals surface area contributed by atoms with Gasteiger partial charge in [-0.3, -0.25) is 10.00 Å². The summed E-state index contributed by atoms with van der Waals surface area (Å²) in [5.41, 5.74) is 3.19. The number of halogens is 3. The van der Waals surface area contributed by atoms with Gasteiger partial charge < -0.3 is 9.88 Å². The number of aromatic amines is 2. The summed E-state index contributed by atoms with van der Waals surface area (Å²) >= 11 is 0. The minimum absolute atomic E-state index is 0.117. The molecule has 1 unspecified atom stereocenters. The first kappa shape index (κ1) is 20.4. The van der Waals surface area contributed by atoms with E-state index < -0.39 is 11.7 Å². The van der Waals surface area contributed by atoms with Crippen molar-refractivity contribution in [3.63, 3.8) is 0 Å². The lowest BCUT2D eigenvalue weighted by atomic mass is 10.1. The van der Waals surface area contributed by atoms with Crippen LogP contribution in [-0.2, 0) is 12.7 Å². The van der Waals surface area contributed by atoms with Crippen LogP contribution in [0, 0.1) is 13.8 Å². The first-order valence-electron chi connectivity index (χ1n) is 9.80. The van der Waals surface area contributed by atoms with Crippen LogP contribution in [0.3, 0.4) is 0 Å². The molecule has 3 aromatic heterocycles. The van der Waals surface area contributed by atoms with Gasteiger partial charge in [0.05, 0.1) is 17.5 Å². The average molecular weight is 419 g/mol. The summed E-state index contributed by atoms with van der Waals surface area (Å²) in [6, 6.07) is 2.66. The van der Waals surface area contributed by atoms with Crippen molar-refractivity contribution in [2.75, 3.05) is 24.5 Å². The van der Waals surface area contributed by atoms with E-state index in [4.69, 9.17) is 0 Å². The zero-order valence-corrected chi connectivity index (χ0v) is 17.1. The second-order valence-corrected chi connectivity index (χ2v) is 7.75. The lowest BCUT2D eigenvalue weighted by Crippen LogP contribution is -2.51. The van der Waals surface area contributed by atoms with Crippen molar-refractivity contribution < 1.29 is 13.2 Å². The molecule has 10 heteroatoms. The molecule has 1 saturated heterocycles. The summed E-state index contributed by atoms with van der Waals surface area (Å²) in [6.45, 7) is 8.94. The Morgan fingerprint density at radius 2 is 1.97 bits per heavy atom. The number of hydrogen-bond donors (Lipinski definition) is 2. The van der Waals surface area contributed by atoms with Gasteiger partial charge in [0, 0.05) is 49.7 Å². The van der Waals surface area contributed by atoms with Crippen LogP contribution in [0.25, 0.3) is 11.5 Å². The van der Waals surface area contributed by atoms with E-state index >= 15 is 0 Å². The topological polar surface area (TPSA) is 76.7 Å². The fourth-order valence-electron chi connectivity index (χ4n) is 3.78. The lowest BCUT2D eigenvalue weighted by Gasteiger charge is -2.40. The third kappa shape index (κ3) is 4.04. The third-order valence-corrected chi connectivity index (χ3v) is 5.56. The van der Waals surface area contributed by atoms with Gasteiger partial charge in [-0.25, -0.2) is 9.97 Å². The number of nitrogens with zero attached hydrogens (tertiary/aromatic N) is 5. The van der Waals surface area contributed by atoms with E-state index in [1.165, 1.54) is 6.07 Å². The van der Waals surface area contributed by atoms with Crippen molar-refractivity contribution >= 4 is 5.82 Å². The van der Waals surface area contributed by atoms with Crippen molar-refractivity contribution in [3.05, 3.63) is 47.0 Å². The quantitative estimate of drug-likeness (QED) is 0.677. The molecule has 0 aliphatic carbocycles. The number of nitrogens with one attached hydrogen (secondary N) is 2. The van der Waals surface area contributed by atoms with Gasteiger partial charge in [0.15, 0.2) is 5.82 Å². The second kappa shape index (κ2) is 7.75. The molecule has 0 radical (unpaired) electrons. The molecule has 0 bridgehead atoms. The number of hydrogen-bond acceptors (Lipinski definition) is 5. The molecule has 7 nitrogen and oxygen atoms in total. The molecule has 0 aromatic carbocycles. The summed E-state index contributed by atoms with van der Waals surface area (Å²) in [4.78, 5) is 16.2. The van der Waals surface area contributed by atoms with Gasteiger partial charge in [-0.2, -0.15) is 18.3 Å². The molecule has 30 heavy (non-hydrogen) atoms. The van der Waals surface area contributed by atoms with Crippen LogP contribution in [0.5, 0.6) is 0 Å². The Kier molecular flexibility index (Phi) is 5.27. The molecule has 4 rings (SSSR count). The number of H-pyrrole nitrogens is 2. The van der Waals surface area contributed by atoms with Crippen LogP contribution in [-0.4, -0.2) is 55.7 Å². The maximum atomic E-state index is 12.8. The van der Waals surface area contributed by atoms with Crippen molar-refractivity contribution in [1.82, 2.24) is 30.0 Å². The number of aromatic nitrogens is 5. The van der Waals surface area contributed by atoms with Gasteiger partial charge >= 0.3 is 6.18 Å². The van der Waals surface area contributed by atoms with Crippen molar-refractivity contribution in [2.45, 2.75) is 39.5 Å². The fourth-order valence-corrected chi connectivity index (χ4v) is 3.78. The Morgan fingerprint density at radius 1 is 1.17 bits per heavy atom. The van der Waals surface area contributed by atoms with E-state index in [1.807, 2.05) is 24.9 Å². The van der Waals surface area contributed by atoms with E-state index in [-0.39, 0.29) is 6.04 Å². The average Bonchev–Trinajstić information content (AvgIpc) is 3.27. The van der Waals surface area contributed by atoms with Gasteiger partial charge in [-0.05, 0) is 32.9 Å². The predicted octanol–water partition coefficient (Wildman–Crippen LogP) is 3.54. The highest BCUT2D eigenvalue weighted by molar-refractivity contribution is 5.55. The summed E-state index contributed by atoms with van der Waals surface area (Å²) in [5, 5.41) is 7.22. The monoisotopic (exact) mass is 419 g/mol. The van der Waals surface area contributed by atoms with Crippen LogP contribution < -0.4 is 4.90 Å². The van der Waals surface area contributed by atoms with E-state index in [1.54, 1.807) is 0 Å². The second-order valence-electron chi connectivity index (χ2n) is 7.75. The van der Waals surface area contributed by atoms with E-state index in [0.717, 1.165) is 53.8 Å². The van der Waals surface area contributed by atoms with Gasteiger partial charge in [-0.15, -0.1) is 0 Å². The number of pyridine rings is 1. The van der Waals surface area contributed by atoms with Gasteiger partial charge in [0.1, 0.15) is 11.5 Å². The molecule has 0 amide bonds. The first-order valence-corrected chi connectivity index (χ1v) is 9.80. The highest BCUT2D eigenvalue weighted by Crippen LogP contribution is 2.30. The Morgan fingerprint density at radius 3 is 2.57 bits per heavy atom. The minimum Gasteiger partial charge on any atom is -0.351 e. The number of alkyl halides is 3. The summed E-state index contributed by atoms with van der Waals surface area (Å²) in [6.07, 6.45) is -1.65. The summed E-state index contributed by atoms with van der Waals surface area (Å²) < 4.78 is 38.3. The Balaban J connectivity index is 1.43. The van der Waals surface area contributed by atoms with Crippen molar-refractivity contribution in [2.24, 2.45) is 0 Å². The maximum Gasteiger partial charge on any atom is 0.417 e. The van der Waals surface area contributed by atoms with E-state index in [9.17, 15) is 13.2 Å². The van der Waals surface area contributed by atoms with Crippen LogP contribution in [0.2, 0.25) is 0 Å². The molecule has 1 aliphatic rings. The SMILES string of the molecule is Cc1nc(-c2[nH]ncc2CN2CCN(c3ccc(C(F)(F)F)cn3)C(C)C2)[nH]c1C. The fraction of sp³-hybridized carbons (Fsp3) is 0.450. The van der Waals surface area contributed by atoms with Crippen LogP contribution in [0.4, 0.5) is 19.0 Å². The highest BCUT2D eigenvalue weighted by atomic mass is 19.4. The van der Waals surface area contributed by atoms with Crippen molar-refractivity contribution in [3.8, 4) is 11.5 Å². The first-order chi connectivity index (χ1) is 14.2. The van der Waals surface area contributed by atoms with Gasteiger partial charge in [-0.1, -0.05) is 0 Å². The van der Waals surface area contributed by atoms with Gasteiger partial charge in [0.25, 0.3) is 0 Å². The largest absolute Gasteiger partial charge is 0.417 e. The molecule has 0 saturated carbocycles. The zero-order valence-electron chi connectivity index (χ0n) is 17.1. The van der Waals surface area contributed by atoms with Crippen LogP contribution >= 0.6 is 0 Å². The Labute approximate surface area is 172 Å². The van der Waals surface area contributed by atoms with Crippen LogP contribution in [0.1, 0.15) is 29.4 Å². The van der Waals surface area contributed by atoms with Crippen LogP contribution in [0.15, 0.2) is 24.5 Å². The normalized spacial score (nSPS) is 18.2. The zero-order chi connectivity index (χ0) is 21.5. The molecule has 2 N–H and O–H groups in total. The molecule has 4 heterocycles. The smallest absolute Gasteiger partial charge is 0.351 e. The molecule has 160 valence electrons. The predicted molar refractivity (Wildman–Crippen MR) is 107 cm³/mol. The number of imidazole rings is 1. The molecular formula is C20H24F3N7. The molecule has 1 fully saturated rings. The standard InChI is InChI=1S/C20H24F3N7/c1-12-10-29(6-7-30(12)17-5-4-16(9-24-17)20(21,22)23)11-15-8-25-28-18(15)19-26-13(2)14(3)27-19/h4-5,8-9,12H,6-7,10-11H2,1-3H3,(H,25,28)(H,26,27). The molecule has 3 aromatic rings. The molecule has 1 atom stereocenters. The number of rotatable bonds is 4. The van der Waals surface area contributed by atoms with E-state index in [2.05, 4.69) is 37.0 Å². The third-order valence-electron chi connectivity index (χ3n) is 5.56. The Hall–Kier alpha value is -2.88.